The maximum Gasteiger partial charge on any atom is 0.132 e. The summed E-state index contributed by atoms with van der Waals surface area (Å²) in [6.07, 6.45) is 6.00. The van der Waals surface area contributed by atoms with E-state index in [1.807, 2.05) is 31.4 Å². The first-order valence-electron chi connectivity index (χ1n) is 7.13. The third-order valence-corrected chi connectivity index (χ3v) is 4.67. The molecular formula is C16H17Cl2N3. The molecule has 0 spiro atoms. The molecule has 1 aliphatic carbocycles. The lowest BCUT2D eigenvalue weighted by Crippen LogP contribution is -2.23. The van der Waals surface area contributed by atoms with Crippen LogP contribution in [-0.2, 0) is 12.8 Å². The molecule has 1 aromatic carbocycles. The van der Waals surface area contributed by atoms with Crippen LogP contribution in [-0.4, -0.2) is 17.0 Å². The van der Waals surface area contributed by atoms with Crippen LogP contribution in [0, 0.1) is 0 Å². The van der Waals surface area contributed by atoms with E-state index in [4.69, 9.17) is 28.2 Å². The van der Waals surface area contributed by atoms with E-state index in [1.165, 1.54) is 17.7 Å². The summed E-state index contributed by atoms with van der Waals surface area (Å²) in [5, 5.41) is 4.48. The second-order valence-corrected chi connectivity index (χ2v) is 6.16. The monoisotopic (exact) mass is 321 g/mol. The second-order valence-electron chi connectivity index (χ2n) is 5.35. The highest BCUT2D eigenvalue weighted by atomic mass is 35.5. The lowest BCUT2D eigenvalue weighted by molar-refractivity contribution is 0.485. The minimum atomic E-state index is 0.382. The third-order valence-electron chi connectivity index (χ3n) is 3.93. The Morgan fingerprint density at radius 3 is 2.90 bits per heavy atom. The molecule has 21 heavy (non-hydrogen) atoms. The largest absolute Gasteiger partial charge is 0.313 e. The molecule has 1 N–H and O–H groups in total. The summed E-state index contributed by atoms with van der Waals surface area (Å²) in [7, 11) is 1.99. The van der Waals surface area contributed by atoms with Gasteiger partial charge in [0.15, 0.2) is 0 Å². The SMILES string of the molecule is CNC1CCCc2nc(Cc3ccc(Cl)c(Cl)c3)ncc21. The van der Waals surface area contributed by atoms with E-state index in [0.29, 0.717) is 22.5 Å². The van der Waals surface area contributed by atoms with Gasteiger partial charge in [-0.25, -0.2) is 9.97 Å². The topological polar surface area (TPSA) is 37.8 Å². The van der Waals surface area contributed by atoms with E-state index in [1.54, 1.807) is 0 Å². The van der Waals surface area contributed by atoms with Crippen molar-refractivity contribution in [2.45, 2.75) is 31.7 Å². The van der Waals surface area contributed by atoms with Crippen LogP contribution in [0.2, 0.25) is 10.0 Å². The van der Waals surface area contributed by atoms with E-state index in [-0.39, 0.29) is 0 Å². The average molecular weight is 322 g/mol. The normalized spacial score (nSPS) is 17.6. The van der Waals surface area contributed by atoms with Gasteiger partial charge in [0.1, 0.15) is 5.82 Å². The summed E-state index contributed by atoms with van der Waals surface area (Å²) in [4.78, 5) is 9.24. The van der Waals surface area contributed by atoms with Crippen molar-refractivity contribution < 1.29 is 0 Å². The molecule has 1 unspecified atom stereocenters. The molecule has 5 heteroatoms. The van der Waals surface area contributed by atoms with Gasteiger partial charge in [0.05, 0.1) is 10.0 Å². The number of nitrogens with one attached hydrogen (secondary N) is 1. The number of hydrogen-bond acceptors (Lipinski definition) is 3. The summed E-state index contributed by atoms with van der Waals surface area (Å²) in [6.45, 7) is 0. The van der Waals surface area contributed by atoms with E-state index in [0.717, 1.165) is 24.2 Å². The highest BCUT2D eigenvalue weighted by Gasteiger charge is 2.20. The minimum absolute atomic E-state index is 0.382. The molecule has 1 aromatic heterocycles. The Kier molecular flexibility index (Phi) is 4.43. The Bertz CT molecular complexity index is 658. The summed E-state index contributed by atoms with van der Waals surface area (Å²) >= 11 is 12.0. The third kappa shape index (κ3) is 3.20. The van der Waals surface area contributed by atoms with E-state index >= 15 is 0 Å². The first-order chi connectivity index (χ1) is 10.2. The number of fused-ring (bicyclic) bond motifs is 1. The maximum atomic E-state index is 6.05. The molecule has 0 fully saturated rings. The van der Waals surface area contributed by atoms with Crippen LogP contribution in [0.4, 0.5) is 0 Å². The fourth-order valence-corrected chi connectivity index (χ4v) is 3.13. The quantitative estimate of drug-likeness (QED) is 0.929. The molecule has 3 rings (SSSR count). The summed E-state index contributed by atoms with van der Waals surface area (Å²) in [6, 6.07) is 6.04. The molecule has 110 valence electrons. The Labute approximate surface area is 134 Å². The first-order valence-corrected chi connectivity index (χ1v) is 7.89. The van der Waals surface area contributed by atoms with Gasteiger partial charge in [-0.15, -0.1) is 0 Å². The fourth-order valence-electron chi connectivity index (χ4n) is 2.81. The molecule has 1 aliphatic rings. The number of rotatable bonds is 3. The molecule has 3 nitrogen and oxygen atoms in total. The number of aromatic nitrogens is 2. The molecule has 1 atom stereocenters. The molecular weight excluding hydrogens is 305 g/mol. The average Bonchev–Trinajstić information content (AvgIpc) is 2.50. The second kappa shape index (κ2) is 6.30. The lowest BCUT2D eigenvalue weighted by Gasteiger charge is -2.24. The smallest absolute Gasteiger partial charge is 0.132 e. The fraction of sp³-hybridized carbons (Fsp3) is 0.375. The number of benzene rings is 1. The highest BCUT2D eigenvalue weighted by molar-refractivity contribution is 6.42. The van der Waals surface area contributed by atoms with Crippen LogP contribution in [0.5, 0.6) is 0 Å². The van der Waals surface area contributed by atoms with Crippen LogP contribution >= 0.6 is 23.2 Å². The van der Waals surface area contributed by atoms with Crippen LogP contribution in [0.15, 0.2) is 24.4 Å². The van der Waals surface area contributed by atoms with Crippen molar-refractivity contribution in [1.82, 2.24) is 15.3 Å². The van der Waals surface area contributed by atoms with Crippen LogP contribution < -0.4 is 5.32 Å². The van der Waals surface area contributed by atoms with Gasteiger partial charge in [-0.1, -0.05) is 29.3 Å². The van der Waals surface area contributed by atoms with Crippen molar-refractivity contribution >= 4 is 23.2 Å². The van der Waals surface area contributed by atoms with E-state index in [2.05, 4.69) is 10.3 Å². The standard InChI is InChI=1S/C16H17Cl2N3/c1-19-14-3-2-4-15-11(14)9-20-16(21-15)8-10-5-6-12(17)13(18)7-10/h5-7,9,14,19H,2-4,8H2,1H3. The zero-order chi connectivity index (χ0) is 14.8. The Morgan fingerprint density at radius 2 is 2.14 bits per heavy atom. The molecule has 0 saturated heterocycles. The highest BCUT2D eigenvalue weighted by Crippen LogP contribution is 2.28. The molecule has 2 aromatic rings. The van der Waals surface area contributed by atoms with Crippen molar-refractivity contribution in [3.8, 4) is 0 Å². The summed E-state index contributed by atoms with van der Waals surface area (Å²) in [5.74, 6) is 0.837. The first kappa shape index (κ1) is 14.8. The molecule has 0 bridgehead atoms. The van der Waals surface area contributed by atoms with Crippen molar-refractivity contribution in [2.75, 3.05) is 7.05 Å². The van der Waals surface area contributed by atoms with Crippen molar-refractivity contribution in [3.63, 3.8) is 0 Å². The summed E-state index contributed by atoms with van der Waals surface area (Å²) in [5.41, 5.74) is 3.48. The molecule has 0 saturated carbocycles. The summed E-state index contributed by atoms with van der Waals surface area (Å²) < 4.78 is 0. The number of hydrogen-bond donors (Lipinski definition) is 1. The van der Waals surface area contributed by atoms with Crippen molar-refractivity contribution in [3.05, 3.63) is 57.1 Å². The zero-order valence-electron chi connectivity index (χ0n) is 11.9. The van der Waals surface area contributed by atoms with Crippen molar-refractivity contribution in [2.24, 2.45) is 0 Å². The van der Waals surface area contributed by atoms with Gasteiger partial charge in [0, 0.05) is 29.9 Å². The predicted molar refractivity (Wildman–Crippen MR) is 86.0 cm³/mol. The molecule has 0 aliphatic heterocycles. The van der Waals surface area contributed by atoms with Crippen LogP contribution in [0.3, 0.4) is 0 Å². The maximum absolute atomic E-state index is 6.05. The minimum Gasteiger partial charge on any atom is -0.313 e. The Balaban J connectivity index is 1.85. The predicted octanol–water partition coefficient (Wildman–Crippen LogP) is 3.97. The van der Waals surface area contributed by atoms with Gasteiger partial charge in [0.25, 0.3) is 0 Å². The van der Waals surface area contributed by atoms with Crippen LogP contribution in [0.1, 0.15) is 41.5 Å². The van der Waals surface area contributed by atoms with Crippen LogP contribution in [0.25, 0.3) is 0 Å². The van der Waals surface area contributed by atoms with E-state index in [9.17, 15) is 0 Å². The molecule has 0 radical (unpaired) electrons. The molecule has 0 amide bonds. The Morgan fingerprint density at radius 1 is 1.29 bits per heavy atom. The van der Waals surface area contributed by atoms with Gasteiger partial charge in [-0.2, -0.15) is 0 Å². The zero-order valence-corrected chi connectivity index (χ0v) is 13.4. The number of aryl methyl sites for hydroxylation is 1. The number of nitrogens with zero attached hydrogens (tertiary/aromatic N) is 2. The van der Waals surface area contributed by atoms with E-state index < -0.39 is 0 Å². The van der Waals surface area contributed by atoms with Gasteiger partial charge < -0.3 is 5.32 Å². The lowest BCUT2D eigenvalue weighted by atomic mass is 9.92. The van der Waals surface area contributed by atoms with Gasteiger partial charge in [0.2, 0.25) is 0 Å². The van der Waals surface area contributed by atoms with Gasteiger partial charge >= 0.3 is 0 Å². The van der Waals surface area contributed by atoms with Gasteiger partial charge in [-0.05, 0) is 44.0 Å². The van der Waals surface area contributed by atoms with Crippen molar-refractivity contribution in [1.29, 1.82) is 0 Å². The molecule has 1 heterocycles. The number of halogens is 2. The Hall–Kier alpha value is -1.16. The van der Waals surface area contributed by atoms with Gasteiger partial charge in [-0.3, -0.25) is 0 Å².